The molecule has 0 aliphatic heterocycles. The summed E-state index contributed by atoms with van der Waals surface area (Å²) in [6.07, 6.45) is 0. The molecule has 116 valence electrons. The van der Waals surface area contributed by atoms with Crippen LogP contribution in [0.1, 0.15) is 19.9 Å². The summed E-state index contributed by atoms with van der Waals surface area (Å²) in [5, 5.41) is 4.28. The predicted octanol–water partition coefficient (Wildman–Crippen LogP) is 2.04. The molecule has 22 heavy (non-hydrogen) atoms. The molecule has 0 N–H and O–H groups in total. The number of carbonyl (C=O) groups is 1. The van der Waals surface area contributed by atoms with E-state index < -0.39 is 12.0 Å². The molecule has 0 bridgehead atoms. The SMILES string of the molecule is CCOC(=O)C(C)n1nc(-c2ccccc2OC)ccc1=O. The second kappa shape index (κ2) is 6.89. The molecule has 0 fully saturated rings. The molecule has 0 saturated carbocycles. The largest absolute Gasteiger partial charge is 0.496 e. The van der Waals surface area contributed by atoms with Crippen molar-refractivity contribution in [3.8, 4) is 17.0 Å². The fraction of sp³-hybridized carbons (Fsp3) is 0.312. The lowest BCUT2D eigenvalue weighted by atomic mass is 10.1. The van der Waals surface area contributed by atoms with Gasteiger partial charge >= 0.3 is 5.97 Å². The molecule has 1 heterocycles. The zero-order valence-corrected chi connectivity index (χ0v) is 12.8. The summed E-state index contributed by atoms with van der Waals surface area (Å²) in [6.45, 7) is 3.55. The fourth-order valence-electron chi connectivity index (χ4n) is 2.07. The van der Waals surface area contributed by atoms with Gasteiger partial charge in [0.05, 0.1) is 19.4 Å². The lowest BCUT2D eigenvalue weighted by molar-refractivity contribution is -0.147. The van der Waals surface area contributed by atoms with Crippen molar-refractivity contribution in [3.05, 3.63) is 46.8 Å². The van der Waals surface area contributed by atoms with Gasteiger partial charge in [0.2, 0.25) is 0 Å². The van der Waals surface area contributed by atoms with Crippen LogP contribution < -0.4 is 10.3 Å². The summed E-state index contributed by atoms with van der Waals surface area (Å²) in [5.74, 6) is 0.151. The van der Waals surface area contributed by atoms with Crippen LogP contribution in [0.2, 0.25) is 0 Å². The fourth-order valence-corrected chi connectivity index (χ4v) is 2.07. The Bertz CT molecular complexity index is 724. The third-order valence-electron chi connectivity index (χ3n) is 3.20. The molecule has 0 spiro atoms. The Hall–Kier alpha value is -2.63. The molecular formula is C16H18N2O4. The van der Waals surface area contributed by atoms with Gasteiger partial charge in [-0.15, -0.1) is 0 Å². The van der Waals surface area contributed by atoms with Crippen molar-refractivity contribution in [2.45, 2.75) is 19.9 Å². The highest BCUT2D eigenvalue weighted by atomic mass is 16.5. The maximum atomic E-state index is 12.0. The minimum Gasteiger partial charge on any atom is -0.496 e. The first kappa shape index (κ1) is 15.8. The van der Waals surface area contributed by atoms with E-state index in [2.05, 4.69) is 5.10 Å². The minimum atomic E-state index is -0.790. The summed E-state index contributed by atoms with van der Waals surface area (Å²) >= 11 is 0. The maximum Gasteiger partial charge on any atom is 0.330 e. The summed E-state index contributed by atoms with van der Waals surface area (Å²) in [5.41, 5.74) is 0.933. The quantitative estimate of drug-likeness (QED) is 0.790. The summed E-state index contributed by atoms with van der Waals surface area (Å²) in [4.78, 5) is 23.8. The van der Waals surface area contributed by atoms with Gasteiger partial charge in [0.25, 0.3) is 5.56 Å². The number of rotatable bonds is 5. The molecule has 6 nitrogen and oxygen atoms in total. The summed E-state index contributed by atoms with van der Waals surface area (Å²) in [6, 6.07) is 9.54. The third kappa shape index (κ3) is 3.16. The van der Waals surface area contributed by atoms with E-state index in [0.717, 1.165) is 10.2 Å². The Balaban J connectivity index is 2.47. The maximum absolute atomic E-state index is 12.0. The van der Waals surface area contributed by atoms with Crippen LogP contribution in [0.25, 0.3) is 11.3 Å². The lowest BCUT2D eigenvalue weighted by Crippen LogP contribution is -2.31. The molecule has 1 aromatic heterocycles. The molecule has 1 unspecified atom stereocenters. The second-order valence-electron chi connectivity index (χ2n) is 4.63. The van der Waals surface area contributed by atoms with Crippen LogP contribution in [-0.4, -0.2) is 29.5 Å². The van der Waals surface area contributed by atoms with Crippen molar-refractivity contribution < 1.29 is 14.3 Å². The van der Waals surface area contributed by atoms with Crippen LogP contribution in [0.3, 0.4) is 0 Å². The van der Waals surface area contributed by atoms with Crippen LogP contribution in [-0.2, 0) is 9.53 Å². The molecule has 1 atom stereocenters. The van der Waals surface area contributed by atoms with Crippen LogP contribution >= 0.6 is 0 Å². The average Bonchev–Trinajstić information content (AvgIpc) is 2.55. The number of hydrogen-bond donors (Lipinski definition) is 0. The van der Waals surface area contributed by atoms with Gasteiger partial charge in [0.15, 0.2) is 6.04 Å². The number of esters is 1. The molecule has 0 saturated heterocycles. The Morgan fingerprint density at radius 1 is 1.27 bits per heavy atom. The van der Waals surface area contributed by atoms with Gasteiger partial charge in [-0.2, -0.15) is 5.10 Å². The highest BCUT2D eigenvalue weighted by Crippen LogP contribution is 2.27. The molecule has 0 aliphatic rings. The van der Waals surface area contributed by atoms with Crippen molar-refractivity contribution in [2.75, 3.05) is 13.7 Å². The summed E-state index contributed by atoms with van der Waals surface area (Å²) < 4.78 is 11.4. The standard InChI is InChI=1S/C16H18N2O4/c1-4-22-16(20)11(2)18-15(19)10-9-13(17-18)12-7-5-6-8-14(12)21-3/h5-11H,4H2,1-3H3. The molecular weight excluding hydrogens is 284 g/mol. The number of benzene rings is 1. The van der Waals surface area contributed by atoms with Gasteiger partial charge < -0.3 is 9.47 Å². The highest BCUT2D eigenvalue weighted by Gasteiger charge is 2.19. The minimum absolute atomic E-state index is 0.254. The molecule has 0 amide bonds. The van der Waals surface area contributed by atoms with Crippen molar-refractivity contribution in [1.29, 1.82) is 0 Å². The number of para-hydroxylation sites is 1. The van der Waals surface area contributed by atoms with Crippen molar-refractivity contribution in [3.63, 3.8) is 0 Å². The van der Waals surface area contributed by atoms with E-state index in [9.17, 15) is 9.59 Å². The number of hydrogen-bond acceptors (Lipinski definition) is 5. The van der Waals surface area contributed by atoms with Crippen LogP contribution in [0.5, 0.6) is 5.75 Å². The van der Waals surface area contributed by atoms with E-state index in [0.29, 0.717) is 11.4 Å². The van der Waals surface area contributed by atoms with Gasteiger partial charge in [-0.1, -0.05) is 12.1 Å². The third-order valence-corrected chi connectivity index (χ3v) is 3.20. The molecule has 0 aliphatic carbocycles. The van der Waals surface area contributed by atoms with Gasteiger partial charge in [-0.3, -0.25) is 4.79 Å². The predicted molar refractivity (Wildman–Crippen MR) is 81.8 cm³/mol. The van der Waals surface area contributed by atoms with E-state index in [1.54, 1.807) is 33.1 Å². The lowest BCUT2D eigenvalue weighted by Gasteiger charge is -2.14. The number of ether oxygens (including phenoxy) is 2. The normalized spacial score (nSPS) is 11.8. The zero-order valence-electron chi connectivity index (χ0n) is 12.8. The van der Waals surface area contributed by atoms with Gasteiger partial charge in [0.1, 0.15) is 5.75 Å². The first-order valence-corrected chi connectivity index (χ1v) is 6.98. The van der Waals surface area contributed by atoms with Crippen LogP contribution in [0, 0.1) is 0 Å². The Labute approximate surface area is 128 Å². The first-order chi connectivity index (χ1) is 10.6. The first-order valence-electron chi connectivity index (χ1n) is 6.98. The Morgan fingerprint density at radius 2 is 2.00 bits per heavy atom. The monoisotopic (exact) mass is 302 g/mol. The smallest absolute Gasteiger partial charge is 0.330 e. The van der Waals surface area contributed by atoms with E-state index in [1.165, 1.54) is 6.07 Å². The van der Waals surface area contributed by atoms with Gasteiger partial charge in [-0.25, -0.2) is 9.48 Å². The average molecular weight is 302 g/mol. The highest BCUT2D eigenvalue weighted by molar-refractivity contribution is 5.73. The van der Waals surface area contributed by atoms with Crippen molar-refractivity contribution >= 4 is 5.97 Å². The van der Waals surface area contributed by atoms with Gasteiger partial charge in [-0.05, 0) is 32.0 Å². The van der Waals surface area contributed by atoms with Crippen LogP contribution in [0.15, 0.2) is 41.2 Å². The van der Waals surface area contributed by atoms with Crippen LogP contribution in [0.4, 0.5) is 0 Å². The molecule has 2 aromatic rings. The van der Waals surface area contributed by atoms with E-state index in [1.807, 2.05) is 18.2 Å². The van der Waals surface area contributed by atoms with Gasteiger partial charge in [0, 0.05) is 11.6 Å². The summed E-state index contributed by atoms with van der Waals surface area (Å²) in [7, 11) is 1.57. The number of methoxy groups -OCH3 is 1. The van der Waals surface area contributed by atoms with E-state index in [4.69, 9.17) is 9.47 Å². The van der Waals surface area contributed by atoms with Crippen molar-refractivity contribution in [2.24, 2.45) is 0 Å². The van der Waals surface area contributed by atoms with E-state index >= 15 is 0 Å². The molecule has 6 heteroatoms. The topological polar surface area (TPSA) is 70.4 Å². The van der Waals surface area contributed by atoms with Crippen molar-refractivity contribution in [1.82, 2.24) is 9.78 Å². The number of aromatic nitrogens is 2. The molecule has 0 radical (unpaired) electrons. The molecule has 1 aromatic carbocycles. The Kier molecular flexibility index (Phi) is 4.93. The Morgan fingerprint density at radius 3 is 2.68 bits per heavy atom. The van der Waals surface area contributed by atoms with E-state index in [-0.39, 0.29) is 12.2 Å². The zero-order chi connectivity index (χ0) is 16.1. The number of nitrogens with zero attached hydrogens (tertiary/aromatic N) is 2. The second-order valence-corrected chi connectivity index (χ2v) is 4.63. The molecule has 2 rings (SSSR count). The number of carbonyl (C=O) groups excluding carboxylic acids is 1.